The van der Waals surface area contributed by atoms with E-state index in [-0.39, 0.29) is 16.9 Å². The van der Waals surface area contributed by atoms with Crippen molar-refractivity contribution in [1.82, 2.24) is 5.32 Å². The fourth-order valence-electron chi connectivity index (χ4n) is 2.61. The highest BCUT2D eigenvalue weighted by Crippen LogP contribution is 2.25. The van der Waals surface area contributed by atoms with E-state index in [9.17, 15) is 8.42 Å². The molecule has 1 saturated heterocycles. The first-order valence-electron chi connectivity index (χ1n) is 7.49. The summed E-state index contributed by atoms with van der Waals surface area (Å²) in [5, 5.41) is 3.26. The maximum absolute atomic E-state index is 12.5. The molecule has 3 rings (SSSR count). The first kappa shape index (κ1) is 16.4. The number of sulfone groups is 1. The van der Waals surface area contributed by atoms with Crippen LogP contribution in [0.25, 0.3) is 0 Å². The first-order valence-corrected chi connectivity index (χ1v) is 9.66. The van der Waals surface area contributed by atoms with Crippen LogP contribution in [-0.4, -0.2) is 32.5 Å². The molecule has 0 radical (unpaired) electrons. The summed E-state index contributed by atoms with van der Waals surface area (Å²) < 4.78 is 30.7. The van der Waals surface area contributed by atoms with Crippen molar-refractivity contribution in [2.24, 2.45) is 5.92 Å². The lowest BCUT2D eigenvalue weighted by Gasteiger charge is -2.14. The van der Waals surface area contributed by atoms with Crippen molar-refractivity contribution in [2.45, 2.75) is 10.1 Å². The molecule has 4 nitrogen and oxygen atoms in total. The summed E-state index contributed by atoms with van der Waals surface area (Å²) >= 11 is 4.44. The number of nitrogens with one attached hydrogen (secondary N) is 1. The van der Waals surface area contributed by atoms with E-state index in [1.807, 2.05) is 30.3 Å². The Kier molecular flexibility index (Phi) is 4.94. The van der Waals surface area contributed by atoms with Gasteiger partial charge >= 0.3 is 0 Å². The minimum atomic E-state index is -3.31. The van der Waals surface area contributed by atoms with Crippen LogP contribution in [0.4, 0.5) is 0 Å². The van der Waals surface area contributed by atoms with E-state index in [1.165, 1.54) is 0 Å². The zero-order chi connectivity index (χ0) is 16.3. The zero-order valence-electron chi connectivity index (χ0n) is 12.6. The molecule has 23 heavy (non-hydrogen) atoms. The summed E-state index contributed by atoms with van der Waals surface area (Å²) in [6.07, 6.45) is 0. The Morgan fingerprint density at radius 3 is 2.26 bits per heavy atom. The van der Waals surface area contributed by atoms with Crippen molar-refractivity contribution in [3.63, 3.8) is 0 Å². The number of thiol groups is 1. The van der Waals surface area contributed by atoms with Gasteiger partial charge in [0, 0.05) is 18.3 Å². The van der Waals surface area contributed by atoms with Gasteiger partial charge in [-0.1, -0.05) is 18.2 Å². The summed E-state index contributed by atoms with van der Waals surface area (Å²) in [6.45, 7) is 1.45. The Bertz CT molecular complexity index is 745. The fraction of sp³-hybridized carbons (Fsp3) is 0.294. The number of ether oxygens (including phenoxy) is 1. The van der Waals surface area contributed by atoms with Crippen LogP contribution >= 0.6 is 12.6 Å². The third-order valence-electron chi connectivity index (χ3n) is 3.90. The van der Waals surface area contributed by atoms with Gasteiger partial charge in [0.2, 0.25) is 0 Å². The highest BCUT2D eigenvalue weighted by molar-refractivity contribution is 7.91. The number of hydrogen-bond donors (Lipinski definition) is 2. The van der Waals surface area contributed by atoms with Crippen LogP contribution in [0, 0.1) is 5.92 Å². The second-order valence-electron chi connectivity index (χ2n) is 5.65. The van der Waals surface area contributed by atoms with Gasteiger partial charge in [-0.25, -0.2) is 8.42 Å². The number of benzene rings is 2. The van der Waals surface area contributed by atoms with Crippen molar-refractivity contribution in [3.8, 4) is 11.5 Å². The van der Waals surface area contributed by atoms with Gasteiger partial charge in [-0.2, -0.15) is 12.6 Å². The van der Waals surface area contributed by atoms with Crippen LogP contribution in [0.15, 0.2) is 59.5 Å². The third kappa shape index (κ3) is 4.07. The first-order chi connectivity index (χ1) is 11.0. The molecule has 1 N–H and O–H groups in total. The molecular formula is C17H19NO3S2. The van der Waals surface area contributed by atoms with Crippen LogP contribution in [0.5, 0.6) is 11.5 Å². The molecule has 2 aromatic rings. The second-order valence-corrected chi connectivity index (χ2v) is 8.35. The summed E-state index contributed by atoms with van der Waals surface area (Å²) in [4.78, 5) is 0.324. The molecule has 0 amide bonds. The summed E-state index contributed by atoms with van der Waals surface area (Å²) in [5.41, 5.74) is 0. The number of hydrogen-bond acceptors (Lipinski definition) is 5. The predicted octanol–water partition coefficient (Wildman–Crippen LogP) is 2.77. The summed E-state index contributed by atoms with van der Waals surface area (Å²) in [7, 11) is -3.31. The quantitative estimate of drug-likeness (QED) is 0.815. The molecule has 0 saturated carbocycles. The van der Waals surface area contributed by atoms with Crippen LogP contribution in [-0.2, 0) is 9.84 Å². The van der Waals surface area contributed by atoms with Crippen LogP contribution in [0.3, 0.4) is 0 Å². The van der Waals surface area contributed by atoms with Gasteiger partial charge < -0.3 is 10.1 Å². The lowest BCUT2D eigenvalue weighted by Crippen LogP contribution is -2.23. The molecule has 122 valence electrons. The van der Waals surface area contributed by atoms with Crippen LogP contribution < -0.4 is 10.1 Å². The van der Waals surface area contributed by atoms with E-state index in [4.69, 9.17) is 4.74 Å². The molecule has 2 atom stereocenters. The van der Waals surface area contributed by atoms with Crippen molar-refractivity contribution in [1.29, 1.82) is 0 Å². The molecule has 1 heterocycles. The zero-order valence-corrected chi connectivity index (χ0v) is 14.3. The van der Waals surface area contributed by atoms with Crippen LogP contribution in [0.1, 0.15) is 0 Å². The van der Waals surface area contributed by atoms with Crippen molar-refractivity contribution < 1.29 is 13.2 Å². The Morgan fingerprint density at radius 2 is 1.65 bits per heavy atom. The van der Waals surface area contributed by atoms with E-state index in [0.717, 1.165) is 12.3 Å². The van der Waals surface area contributed by atoms with Crippen molar-refractivity contribution >= 4 is 22.5 Å². The van der Waals surface area contributed by atoms with E-state index in [1.54, 1.807) is 24.3 Å². The minimum absolute atomic E-state index is 0.0450. The largest absolute Gasteiger partial charge is 0.457 e. The van der Waals surface area contributed by atoms with E-state index < -0.39 is 9.84 Å². The molecule has 1 aliphatic heterocycles. The van der Waals surface area contributed by atoms with Gasteiger partial charge in [0.05, 0.1) is 10.6 Å². The smallest absolute Gasteiger partial charge is 0.178 e. The predicted molar refractivity (Wildman–Crippen MR) is 94.1 cm³/mol. The molecule has 1 fully saturated rings. The maximum Gasteiger partial charge on any atom is 0.178 e. The third-order valence-corrected chi connectivity index (χ3v) is 6.36. The van der Waals surface area contributed by atoms with Gasteiger partial charge in [0.15, 0.2) is 9.84 Å². The highest BCUT2D eigenvalue weighted by Gasteiger charge is 2.29. The van der Waals surface area contributed by atoms with Crippen LogP contribution in [0.2, 0.25) is 0 Å². The van der Waals surface area contributed by atoms with Crippen molar-refractivity contribution in [2.75, 3.05) is 18.8 Å². The number of para-hydroxylation sites is 1. The highest BCUT2D eigenvalue weighted by atomic mass is 32.2. The van der Waals surface area contributed by atoms with E-state index in [0.29, 0.717) is 17.2 Å². The van der Waals surface area contributed by atoms with E-state index >= 15 is 0 Å². The fourth-order valence-corrected chi connectivity index (χ4v) is 4.75. The Hall–Kier alpha value is -1.50. The molecule has 0 bridgehead atoms. The molecule has 2 aromatic carbocycles. The lowest BCUT2D eigenvalue weighted by atomic mass is 10.1. The molecule has 6 heteroatoms. The van der Waals surface area contributed by atoms with Crippen molar-refractivity contribution in [3.05, 3.63) is 54.6 Å². The Balaban J connectivity index is 1.71. The standard InChI is InChI=1S/C17H19NO3S2/c19-23(20,12-13-10-18-11-17(13)22)16-8-6-15(7-9-16)21-14-4-2-1-3-5-14/h1-9,13,17-18,22H,10-12H2/t13-,17+/m1/s1. The molecule has 0 unspecified atom stereocenters. The SMILES string of the molecule is O=S(=O)(C[C@H]1CNC[C@@H]1S)c1ccc(Oc2ccccc2)cc1. The average molecular weight is 349 g/mol. The van der Waals surface area contributed by atoms with Gasteiger partial charge in [-0.3, -0.25) is 0 Å². The second kappa shape index (κ2) is 6.95. The Morgan fingerprint density at radius 1 is 1.00 bits per heavy atom. The average Bonchev–Trinajstić information content (AvgIpc) is 2.93. The maximum atomic E-state index is 12.5. The Labute approximate surface area is 142 Å². The van der Waals surface area contributed by atoms with Gasteiger partial charge in [0.25, 0.3) is 0 Å². The topological polar surface area (TPSA) is 55.4 Å². The van der Waals surface area contributed by atoms with E-state index in [2.05, 4.69) is 17.9 Å². The van der Waals surface area contributed by atoms with Gasteiger partial charge in [0.1, 0.15) is 11.5 Å². The minimum Gasteiger partial charge on any atom is -0.457 e. The monoisotopic (exact) mass is 349 g/mol. The summed E-state index contributed by atoms with van der Waals surface area (Å²) in [5.74, 6) is 1.50. The van der Waals surface area contributed by atoms with Gasteiger partial charge in [-0.05, 0) is 42.3 Å². The van der Waals surface area contributed by atoms with Gasteiger partial charge in [-0.15, -0.1) is 0 Å². The normalized spacial score (nSPS) is 21.3. The molecule has 0 aromatic heterocycles. The molecule has 0 aliphatic carbocycles. The summed E-state index contributed by atoms with van der Waals surface area (Å²) in [6, 6.07) is 16.0. The molecule has 0 spiro atoms. The molecule has 1 aliphatic rings. The molecular weight excluding hydrogens is 330 g/mol. The number of rotatable bonds is 5. The lowest BCUT2D eigenvalue weighted by molar-refractivity contribution is 0.482.